The van der Waals surface area contributed by atoms with Crippen molar-refractivity contribution in [2.75, 3.05) is 38.0 Å². The minimum absolute atomic E-state index is 0.0640. The van der Waals surface area contributed by atoms with Crippen LogP contribution < -0.4 is 5.32 Å². The molecule has 1 aromatic rings. The first-order valence-electron chi connectivity index (χ1n) is 10.1. The molecule has 0 saturated carbocycles. The molecule has 8 heteroatoms. The minimum Gasteiger partial charge on any atom is -0.325 e. The highest BCUT2D eigenvalue weighted by Gasteiger charge is 2.28. The fraction of sp³-hybridized carbons (Fsp3) is 0.650. The van der Waals surface area contributed by atoms with Crippen LogP contribution in [0.1, 0.15) is 39.5 Å². The molecule has 2 fully saturated rings. The van der Waals surface area contributed by atoms with E-state index in [1.165, 1.54) is 16.8 Å². The van der Waals surface area contributed by atoms with Gasteiger partial charge in [-0.05, 0) is 49.3 Å². The Balaban J connectivity index is 1.69. The normalized spacial score (nSPS) is 24.8. The number of nitrogens with one attached hydrogen (secondary N) is 1. The van der Waals surface area contributed by atoms with E-state index in [1.54, 1.807) is 12.1 Å². The van der Waals surface area contributed by atoms with Crippen molar-refractivity contribution in [3.8, 4) is 0 Å². The summed E-state index contributed by atoms with van der Waals surface area (Å²) in [6, 6.07) is 4.67. The van der Waals surface area contributed by atoms with Gasteiger partial charge in [0.2, 0.25) is 15.9 Å². The van der Waals surface area contributed by atoms with Gasteiger partial charge in [-0.2, -0.15) is 4.31 Å². The lowest BCUT2D eigenvalue weighted by molar-refractivity contribution is -0.117. The van der Waals surface area contributed by atoms with E-state index in [-0.39, 0.29) is 15.8 Å². The Hall–Kier alpha value is -1.15. The number of hydrogen-bond donors (Lipinski definition) is 1. The van der Waals surface area contributed by atoms with Gasteiger partial charge in [0, 0.05) is 31.9 Å². The van der Waals surface area contributed by atoms with Gasteiger partial charge in [0.25, 0.3) is 0 Å². The maximum Gasteiger partial charge on any atom is 0.244 e. The third-order valence-electron chi connectivity index (χ3n) is 5.46. The maximum atomic E-state index is 13.0. The molecule has 0 aliphatic carbocycles. The summed E-state index contributed by atoms with van der Waals surface area (Å²) in [5, 5.41) is 3.02. The zero-order valence-corrected chi connectivity index (χ0v) is 18.2. The van der Waals surface area contributed by atoms with Crippen LogP contribution in [0.3, 0.4) is 0 Å². The number of piperidine rings is 2. The third kappa shape index (κ3) is 5.26. The molecule has 0 aromatic heterocycles. The highest BCUT2D eigenvalue weighted by atomic mass is 35.5. The number of likely N-dealkylation sites (tertiary alicyclic amines) is 1. The van der Waals surface area contributed by atoms with Crippen molar-refractivity contribution < 1.29 is 13.2 Å². The predicted molar refractivity (Wildman–Crippen MR) is 112 cm³/mol. The molecule has 2 atom stereocenters. The van der Waals surface area contributed by atoms with E-state index in [0.29, 0.717) is 37.2 Å². The summed E-state index contributed by atoms with van der Waals surface area (Å²) in [7, 11) is -3.65. The average Bonchev–Trinajstić information content (AvgIpc) is 2.63. The number of benzene rings is 1. The van der Waals surface area contributed by atoms with E-state index in [4.69, 9.17) is 11.6 Å². The predicted octanol–water partition coefficient (Wildman–Crippen LogP) is 3.43. The molecule has 0 unspecified atom stereocenters. The molecule has 156 valence electrons. The first kappa shape index (κ1) is 21.6. The molecule has 2 aliphatic heterocycles. The molecule has 3 rings (SSSR count). The lowest BCUT2D eigenvalue weighted by atomic mass is 9.92. The van der Waals surface area contributed by atoms with E-state index < -0.39 is 10.0 Å². The van der Waals surface area contributed by atoms with Crippen LogP contribution in [0.25, 0.3) is 0 Å². The van der Waals surface area contributed by atoms with Gasteiger partial charge in [-0.3, -0.25) is 9.69 Å². The summed E-state index contributed by atoms with van der Waals surface area (Å²) in [5.74, 6) is 1.02. The number of nitrogens with zero attached hydrogens (tertiary/aromatic N) is 2. The standard InChI is InChI=1S/C20H30ClN3O3S/c1-15-10-16(2)13-23(12-15)14-20(25)22-17-6-7-18(21)19(11-17)28(26,27)24-8-4-3-5-9-24/h6-7,11,15-16H,3-5,8-10,12-14H2,1-2H3,(H,22,25)/t15-,16-/m1/s1. The van der Waals surface area contributed by atoms with Gasteiger partial charge < -0.3 is 5.32 Å². The van der Waals surface area contributed by atoms with Gasteiger partial charge in [-0.1, -0.05) is 31.9 Å². The number of anilines is 1. The van der Waals surface area contributed by atoms with E-state index in [1.807, 2.05) is 0 Å². The minimum atomic E-state index is -3.65. The van der Waals surface area contributed by atoms with Crippen LogP contribution in [0.4, 0.5) is 5.69 Å². The van der Waals surface area contributed by atoms with Crippen molar-refractivity contribution in [2.24, 2.45) is 11.8 Å². The molecule has 1 amide bonds. The summed E-state index contributed by atoms with van der Waals surface area (Å²) >= 11 is 6.20. The van der Waals surface area contributed by atoms with E-state index in [9.17, 15) is 13.2 Å². The Kier molecular flexibility index (Phi) is 7.02. The van der Waals surface area contributed by atoms with Gasteiger partial charge in [0.05, 0.1) is 11.6 Å². The Morgan fingerprint density at radius 3 is 2.43 bits per heavy atom. The number of carbonyl (C=O) groups is 1. The number of sulfonamides is 1. The van der Waals surface area contributed by atoms with Crippen LogP contribution in [0, 0.1) is 11.8 Å². The van der Waals surface area contributed by atoms with Gasteiger partial charge in [-0.25, -0.2) is 8.42 Å². The monoisotopic (exact) mass is 427 g/mol. The topological polar surface area (TPSA) is 69.7 Å². The van der Waals surface area contributed by atoms with Crippen LogP contribution in [-0.2, 0) is 14.8 Å². The zero-order valence-electron chi connectivity index (χ0n) is 16.7. The van der Waals surface area contributed by atoms with Gasteiger partial charge >= 0.3 is 0 Å². The second-order valence-electron chi connectivity index (χ2n) is 8.30. The second kappa shape index (κ2) is 9.11. The quantitative estimate of drug-likeness (QED) is 0.781. The number of hydrogen-bond acceptors (Lipinski definition) is 4. The number of rotatable bonds is 5. The molecule has 2 heterocycles. The molecule has 28 heavy (non-hydrogen) atoms. The smallest absolute Gasteiger partial charge is 0.244 e. The number of amides is 1. The Labute approximate surface area is 173 Å². The van der Waals surface area contributed by atoms with Crippen molar-refractivity contribution in [2.45, 2.75) is 44.4 Å². The Morgan fingerprint density at radius 1 is 1.14 bits per heavy atom. The van der Waals surface area contributed by atoms with Gasteiger partial charge in [0.1, 0.15) is 4.90 Å². The molecule has 6 nitrogen and oxygen atoms in total. The molecular weight excluding hydrogens is 398 g/mol. The molecule has 1 aromatic carbocycles. The summed E-state index contributed by atoms with van der Waals surface area (Å²) in [4.78, 5) is 14.7. The fourth-order valence-electron chi connectivity index (χ4n) is 4.35. The van der Waals surface area contributed by atoms with Crippen molar-refractivity contribution >= 4 is 33.2 Å². The first-order valence-corrected chi connectivity index (χ1v) is 11.9. The average molecular weight is 428 g/mol. The van der Waals surface area contributed by atoms with E-state index in [2.05, 4.69) is 24.1 Å². The molecule has 0 radical (unpaired) electrons. The van der Waals surface area contributed by atoms with E-state index in [0.717, 1.165) is 32.4 Å². The maximum absolute atomic E-state index is 13.0. The zero-order chi connectivity index (χ0) is 20.3. The first-order chi connectivity index (χ1) is 13.3. The highest BCUT2D eigenvalue weighted by molar-refractivity contribution is 7.89. The summed E-state index contributed by atoms with van der Waals surface area (Å²) in [5.41, 5.74) is 0.461. The van der Waals surface area contributed by atoms with Crippen molar-refractivity contribution in [1.82, 2.24) is 9.21 Å². The van der Waals surface area contributed by atoms with Crippen LogP contribution in [0.15, 0.2) is 23.1 Å². The van der Waals surface area contributed by atoms with Crippen LogP contribution >= 0.6 is 11.6 Å². The number of carbonyl (C=O) groups excluding carboxylic acids is 1. The molecule has 2 saturated heterocycles. The molecule has 0 spiro atoms. The third-order valence-corrected chi connectivity index (χ3v) is 7.84. The molecule has 0 bridgehead atoms. The number of halogens is 1. The second-order valence-corrected chi connectivity index (χ2v) is 10.6. The van der Waals surface area contributed by atoms with Gasteiger partial charge in [-0.15, -0.1) is 0 Å². The Morgan fingerprint density at radius 2 is 1.79 bits per heavy atom. The molecule has 2 aliphatic rings. The highest BCUT2D eigenvalue weighted by Crippen LogP contribution is 2.29. The fourth-order valence-corrected chi connectivity index (χ4v) is 6.37. The van der Waals surface area contributed by atoms with Crippen LogP contribution in [0.2, 0.25) is 5.02 Å². The largest absolute Gasteiger partial charge is 0.325 e. The lowest BCUT2D eigenvalue weighted by Crippen LogP contribution is -2.42. The summed E-state index contributed by atoms with van der Waals surface area (Å²) in [6.45, 7) is 7.57. The van der Waals surface area contributed by atoms with E-state index >= 15 is 0 Å². The van der Waals surface area contributed by atoms with Crippen LogP contribution in [0.5, 0.6) is 0 Å². The van der Waals surface area contributed by atoms with Crippen LogP contribution in [-0.4, -0.2) is 56.3 Å². The lowest BCUT2D eigenvalue weighted by Gasteiger charge is -2.34. The van der Waals surface area contributed by atoms with Crippen molar-refractivity contribution in [1.29, 1.82) is 0 Å². The molecule has 1 N–H and O–H groups in total. The summed E-state index contributed by atoms with van der Waals surface area (Å²) in [6.07, 6.45) is 3.95. The van der Waals surface area contributed by atoms with Gasteiger partial charge in [0.15, 0.2) is 0 Å². The summed E-state index contributed by atoms with van der Waals surface area (Å²) < 4.78 is 27.4. The SMILES string of the molecule is C[C@@H]1C[C@@H](C)CN(CC(=O)Nc2ccc(Cl)c(S(=O)(=O)N3CCCCC3)c2)C1. The Bertz CT molecular complexity index is 799. The molecular formula is C20H30ClN3O3S. The van der Waals surface area contributed by atoms with Crippen molar-refractivity contribution in [3.63, 3.8) is 0 Å². The van der Waals surface area contributed by atoms with Crippen molar-refractivity contribution in [3.05, 3.63) is 23.2 Å².